The SMILES string of the molecule is CC.PN1CCC2(CC1)CN(c1ncccn1)C2. The van der Waals surface area contributed by atoms with Crippen molar-refractivity contribution in [2.45, 2.75) is 26.7 Å². The molecule has 0 bridgehead atoms. The van der Waals surface area contributed by atoms with Crippen LogP contribution in [0.1, 0.15) is 26.7 Å². The summed E-state index contributed by atoms with van der Waals surface area (Å²) in [6.07, 6.45) is 6.25. The highest BCUT2D eigenvalue weighted by Gasteiger charge is 2.45. The first-order valence-corrected chi connectivity index (χ1v) is 7.31. The average Bonchev–Trinajstić information content (AvgIpc) is 2.41. The third-order valence-corrected chi connectivity index (χ3v) is 4.26. The third-order valence-electron chi connectivity index (χ3n) is 3.75. The molecule has 0 saturated carbocycles. The Morgan fingerprint density at radius 3 is 2.22 bits per heavy atom. The summed E-state index contributed by atoms with van der Waals surface area (Å²) in [7, 11) is 2.81. The van der Waals surface area contributed by atoms with E-state index in [4.69, 9.17) is 0 Å². The van der Waals surface area contributed by atoms with Gasteiger partial charge in [-0.2, -0.15) is 0 Å². The van der Waals surface area contributed by atoms with E-state index >= 15 is 0 Å². The van der Waals surface area contributed by atoms with Crippen LogP contribution in [0.4, 0.5) is 5.95 Å². The molecule has 0 aliphatic carbocycles. The van der Waals surface area contributed by atoms with Crippen molar-refractivity contribution in [1.29, 1.82) is 0 Å². The van der Waals surface area contributed by atoms with Crippen LogP contribution in [0.25, 0.3) is 0 Å². The van der Waals surface area contributed by atoms with Crippen molar-refractivity contribution in [2.75, 3.05) is 31.1 Å². The third kappa shape index (κ3) is 2.81. The van der Waals surface area contributed by atoms with Gasteiger partial charge in [0.2, 0.25) is 5.95 Å². The van der Waals surface area contributed by atoms with Crippen LogP contribution in [0.2, 0.25) is 0 Å². The van der Waals surface area contributed by atoms with Crippen molar-refractivity contribution in [3.05, 3.63) is 18.5 Å². The monoisotopic (exact) mass is 266 g/mol. The molecule has 100 valence electrons. The van der Waals surface area contributed by atoms with Crippen molar-refractivity contribution >= 4 is 15.3 Å². The molecule has 3 heterocycles. The van der Waals surface area contributed by atoms with Crippen LogP contribution in [0.3, 0.4) is 0 Å². The standard InChI is InChI=1S/C11H17N4P.C2H6/c16-15-6-2-11(3-7-15)8-14(9-11)10-12-4-1-5-13-10;1-2/h1,4-5H,2-3,6-9,16H2;1-2H3. The number of nitrogens with zero attached hydrogens (tertiary/aromatic N) is 4. The smallest absolute Gasteiger partial charge is 0.225 e. The second kappa shape index (κ2) is 5.94. The summed E-state index contributed by atoms with van der Waals surface area (Å²) < 4.78 is 2.34. The van der Waals surface area contributed by atoms with Crippen molar-refractivity contribution in [3.8, 4) is 0 Å². The lowest BCUT2D eigenvalue weighted by atomic mass is 9.72. The number of anilines is 1. The first-order chi connectivity index (χ1) is 8.77. The second-order valence-electron chi connectivity index (χ2n) is 4.94. The topological polar surface area (TPSA) is 32.3 Å². The van der Waals surface area contributed by atoms with Gasteiger partial charge in [0.05, 0.1) is 0 Å². The summed E-state index contributed by atoms with van der Waals surface area (Å²) >= 11 is 0. The molecule has 2 saturated heterocycles. The van der Waals surface area contributed by atoms with Gasteiger partial charge in [0, 0.05) is 44.0 Å². The summed E-state index contributed by atoms with van der Waals surface area (Å²) in [5, 5.41) is 0. The van der Waals surface area contributed by atoms with Gasteiger partial charge >= 0.3 is 0 Å². The number of aromatic nitrogens is 2. The lowest BCUT2D eigenvalue weighted by Gasteiger charge is -2.53. The fourth-order valence-corrected chi connectivity index (χ4v) is 2.93. The summed E-state index contributed by atoms with van der Waals surface area (Å²) in [5.74, 6) is 0.890. The zero-order chi connectivity index (χ0) is 13.0. The van der Waals surface area contributed by atoms with Crippen LogP contribution in [-0.4, -0.2) is 40.8 Å². The quantitative estimate of drug-likeness (QED) is 0.729. The van der Waals surface area contributed by atoms with Crippen LogP contribution < -0.4 is 4.90 Å². The Labute approximate surface area is 112 Å². The van der Waals surface area contributed by atoms with E-state index in [1.54, 1.807) is 0 Å². The number of piperidine rings is 1. The van der Waals surface area contributed by atoms with Gasteiger partial charge in [0.25, 0.3) is 0 Å². The molecule has 18 heavy (non-hydrogen) atoms. The van der Waals surface area contributed by atoms with E-state index in [1.165, 1.54) is 25.9 Å². The summed E-state index contributed by atoms with van der Waals surface area (Å²) in [6, 6.07) is 1.87. The Kier molecular flexibility index (Phi) is 4.52. The molecule has 1 aromatic rings. The van der Waals surface area contributed by atoms with Crippen molar-refractivity contribution < 1.29 is 0 Å². The molecular formula is C13H23N4P. The Balaban J connectivity index is 0.000000574. The van der Waals surface area contributed by atoms with Gasteiger partial charge in [-0.1, -0.05) is 23.2 Å². The molecule has 0 amide bonds. The highest BCUT2D eigenvalue weighted by atomic mass is 31.0. The van der Waals surface area contributed by atoms with Crippen LogP contribution in [0.15, 0.2) is 18.5 Å². The minimum Gasteiger partial charge on any atom is -0.340 e. The summed E-state index contributed by atoms with van der Waals surface area (Å²) in [5.41, 5.74) is 0.548. The second-order valence-corrected chi connectivity index (χ2v) is 5.67. The molecule has 5 heteroatoms. The molecule has 1 atom stereocenters. The number of hydrogen-bond donors (Lipinski definition) is 0. The van der Waals surface area contributed by atoms with Crippen molar-refractivity contribution in [3.63, 3.8) is 0 Å². The minimum absolute atomic E-state index is 0.548. The zero-order valence-electron chi connectivity index (χ0n) is 11.3. The Bertz CT molecular complexity index is 355. The lowest BCUT2D eigenvalue weighted by Crippen LogP contribution is -2.60. The molecule has 2 aliphatic rings. The van der Waals surface area contributed by atoms with E-state index in [9.17, 15) is 0 Å². The largest absolute Gasteiger partial charge is 0.340 e. The Hall–Kier alpha value is -0.730. The Morgan fingerprint density at radius 2 is 1.67 bits per heavy atom. The zero-order valence-corrected chi connectivity index (χ0v) is 12.5. The molecule has 1 aromatic heterocycles. The number of rotatable bonds is 1. The van der Waals surface area contributed by atoms with Crippen LogP contribution in [-0.2, 0) is 0 Å². The molecule has 1 spiro atoms. The van der Waals surface area contributed by atoms with E-state index in [0.29, 0.717) is 5.41 Å². The molecular weight excluding hydrogens is 243 g/mol. The highest BCUT2D eigenvalue weighted by Crippen LogP contribution is 2.41. The maximum Gasteiger partial charge on any atom is 0.225 e. The maximum atomic E-state index is 4.29. The first kappa shape index (κ1) is 13.7. The minimum atomic E-state index is 0.548. The average molecular weight is 266 g/mol. The summed E-state index contributed by atoms with van der Waals surface area (Å²) in [6.45, 7) is 8.67. The number of hydrogen-bond acceptors (Lipinski definition) is 4. The van der Waals surface area contributed by atoms with Gasteiger partial charge in [-0.05, 0) is 18.9 Å². The van der Waals surface area contributed by atoms with Gasteiger partial charge in [0.1, 0.15) is 0 Å². The molecule has 0 N–H and O–H groups in total. The summed E-state index contributed by atoms with van der Waals surface area (Å²) in [4.78, 5) is 10.9. The van der Waals surface area contributed by atoms with Crippen LogP contribution >= 0.6 is 9.39 Å². The van der Waals surface area contributed by atoms with Gasteiger partial charge in [-0.15, -0.1) is 0 Å². The molecule has 3 rings (SSSR count). The van der Waals surface area contributed by atoms with E-state index in [2.05, 4.69) is 28.9 Å². The fraction of sp³-hybridized carbons (Fsp3) is 0.692. The highest BCUT2D eigenvalue weighted by molar-refractivity contribution is 7.13. The van der Waals surface area contributed by atoms with E-state index in [0.717, 1.165) is 19.0 Å². The normalized spacial score (nSPS) is 22.1. The van der Waals surface area contributed by atoms with Crippen molar-refractivity contribution in [2.24, 2.45) is 5.41 Å². The van der Waals surface area contributed by atoms with Crippen LogP contribution in [0.5, 0.6) is 0 Å². The van der Waals surface area contributed by atoms with E-state index < -0.39 is 0 Å². The van der Waals surface area contributed by atoms with E-state index in [-0.39, 0.29) is 0 Å². The molecule has 4 nitrogen and oxygen atoms in total. The first-order valence-electron chi connectivity index (χ1n) is 6.79. The maximum absolute atomic E-state index is 4.29. The van der Waals surface area contributed by atoms with Crippen LogP contribution in [0, 0.1) is 5.41 Å². The van der Waals surface area contributed by atoms with Gasteiger partial charge in [-0.25, -0.2) is 9.97 Å². The predicted octanol–water partition coefficient (Wildman–Crippen LogP) is 2.20. The molecule has 1 unspecified atom stereocenters. The van der Waals surface area contributed by atoms with Crippen molar-refractivity contribution in [1.82, 2.24) is 14.6 Å². The molecule has 2 aliphatic heterocycles. The molecule has 2 fully saturated rings. The predicted molar refractivity (Wildman–Crippen MR) is 78.5 cm³/mol. The van der Waals surface area contributed by atoms with Gasteiger partial charge in [0.15, 0.2) is 0 Å². The molecule has 0 radical (unpaired) electrons. The van der Waals surface area contributed by atoms with Gasteiger partial charge < -0.3 is 4.90 Å². The Morgan fingerprint density at radius 1 is 1.11 bits per heavy atom. The molecule has 0 aromatic carbocycles. The fourth-order valence-electron chi connectivity index (χ4n) is 2.67. The van der Waals surface area contributed by atoms with E-state index in [1.807, 2.05) is 32.3 Å². The van der Waals surface area contributed by atoms with Gasteiger partial charge in [-0.3, -0.25) is 4.67 Å². The lowest BCUT2D eigenvalue weighted by molar-refractivity contribution is 0.117.